The molecule has 5 nitrogen and oxygen atoms in total. The largest absolute Gasteiger partial charge is 0.494 e. The second-order valence-electron chi connectivity index (χ2n) is 6.18. The van der Waals surface area contributed by atoms with E-state index in [2.05, 4.69) is 16.7 Å². The van der Waals surface area contributed by atoms with Gasteiger partial charge in [-0.15, -0.1) is 0 Å². The molecule has 0 aliphatic carbocycles. The molecule has 26 heavy (non-hydrogen) atoms. The molecule has 2 aromatic carbocycles. The number of benzene rings is 2. The molecule has 0 spiro atoms. The Hall–Kier alpha value is -2.84. The zero-order valence-corrected chi connectivity index (χ0v) is 15.3. The second kappa shape index (κ2) is 10.2. The quantitative estimate of drug-likeness (QED) is 0.675. The highest BCUT2D eigenvalue weighted by atomic mass is 16.5. The number of para-hydroxylation sites is 1. The highest BCUT2D eigenvalue weighted by Crippen LogP contribution is 2.19. The minimum atomic E-state index is -0.0636. The van der Waals surface area contributed by atoms with Crippen LogP contribution in [0.5, 0.6) is 5.75 Å². The van der Waals surface area contributed by atoms with E-state index in [1.807, 2.05) is 56.3 Å². The molecule has 2 rings (SSSR count). The topological polar surface area (TPSA) is 74.2 Å². The van der Waals surface area contributed by atoms with Crippen molar-refractivity contribution in [2.45, 2.75) is 33.2 Å². The maximum Gasteiger partial charge on any atom is 0.238 e. The van der Waals surface area contributed by atoms with Gasteiger partial charge in [-0.3, -0.25) is 4.79 Å². The van der Waals surface area contributed by atoms with Crippen molar-refractivity contribution in [3.05, 3.63) is 59.2 Å². The first-order valence-electron chi connectivity index (χ1n) is 8.75. The molecule has 0 aromatic heterocycles. The van der Waals surface area contributed by atoms with Crippen LogP contribution in [0, 0.1) is 25.2 Å². The fourth-order valence-corrected chi connectivity index (χ4v) is 2.60. The summed E-state index contributed by atoms with van der Waals surface area (Å²) in [4.78, 5) is 12.2. The normalized spacial score (nSPS) is 10.2. The van der Waals surface area contributed by atoms with Crippen molar-refractivity contribution < 1.29 is 9.53 Å². The van der Waals surface area contributed by atoms with E-state index in [1.54, 1.807) is 0 Å². The fourth-order valence-electron chi connectivity index (χ4n) is 2.60. The molecule has 0 fully saturated rings. The predicted molar refractivity (Wildman–Crippen MR) is 103 cm³/mol. The lowest BCUT2D eigenvalue weighted by molar-refractivity contribution is -0.115. The van der Waals surface area contributed by atoms with Crippen LogP contribution >= 0.6 is 0 Å². The monoisotopic (exact) mass is 351 g/mol. The van der Waals surface area contributed by atoms with Crippen molar-refractivity contribution in [3.63, 3.8) is 0 Å². The van der Waals surface area contributed by atoms with Crippen LogP contribution in [0.3, 0.4) is 0 Å². The Balaban J connectivity index is 1.78. The van der Waals surface area contributed by atoms with Gasteiger partial charge in [-0.2, -0.15) is 5.26 Å². The van der Waals surface area contributed by atoms with Crippen molar-refractivity contribution in [2.24, 2.45) is 0 Å². The van der Waals surface area contributed by atoms with Crippen LogP contribution in [0.2, 0.25) is 0 Å². The zero-order valence-electron chi connectivity index (χ0n) is 15.3. The number of anilines is 1. The molecule has 0 radical (unpaired) electrons. The summed E-state index contributed by atoms with van der Waals surface area (Å²) < 4.78 is 5.62. The smallest absolute Gasteiger partial charge is 0.238 e. The number of hydrogen-bond acceptors (Lipinski definition) is 4. The predicted octanol–water partition coefficient (Wildman–Crippen LogP) is 3.71. The van der Waals surface area contributed by atoms with E-state index < -0.39 is 0 Å². The lowest BCUT2D eigenvalue weighted by atomic mass is 10.1. The Morgan fingerprint density at radius 2 is 1.88 bits per heavy atom. The van der Waals surface area contributed by atoms with Crippen LogP contribution < -0.4 is 15.4 Å². The summed E-state index contributed by atoms with van der Waals surface area (Å²) in [6.45, 7) is 5.32. The summed E-state index contributed by atoms with van der Waals surface area (Å²) in [5.74, 6) is 0.716. The highest BCUT2D eigenvalue weighted by molar-refractivity contribution is 5.93. The Morgan fingerprint density at radius 3 is 2.62 bits per heavy atom. The first-order chi connectivity index (χ1) is 12.6. The van der Waals surface area contributed by atoms with E-state index in [4.69, 9.17) is 10.00 Å². The molecule has 0 saturated carbocycles. The molecule has 2 N–H and O–H groups in total. The van der Waals surface area contributed by atoms with Crippen molar-refractivity contribution in [1.29, 1.82) is 5.26 Å². The van der Waals surface area contributed by atoms with E-state index in [0.29, 0.717) is 19.6 Å². The molecule has 0 heterocycles. The van der Waals surface area contributed by atoms with E-state index in [1.165, 1.54) is 0 Å². The SMILES string of the molecule is Cc1cccc(C)c1NC(=O)CNCc1cccc(OCCCC#N)c1. The third-order valence-electron chi connectivity index (χ3n) is 3.96. The minimum absolute atomic E-state index is 0.0636. The van der Waals surface area contributed by atoms with Gasteiger partial charge in [-0.05, 0) is 49.1 Å². The van der Waals surface area contributed by atoms with E-state index in [-0.39, 0.29) is 12.5 Å². The second-order valence-corrected chi connectivity index (χ2v) is 6.18. The summed E-state index contributed by atoms with van der Waals surface area (Å²) in [6.07, 6.45) is 1.22. The summed E-state index contributed by atoms with van der Waals surface area (Å²) in [5, 5.41) is 14.6. The number of nitriles is 1. The molecule has 0 bridgehead atoms. The third kappa shape index (κ3) is 6.23. The fraction of sp³-hybridized carbons (Fsp3) is 0.333. The van der Waals surface area contributed by atoms with Gasteiger partial charge in [-0.25, -0.2) is 0 Å². The van der Waals surface area contributed by atoms with Crippen LogP contribution in [0.15, 0.2) is 42.5 Å². The molecular weight excluding hydrogens is 326 g/mol. The number of carbonyl (C=O) groups excluding carboxylic acids is 1. The van der Waals surface area contributed by atoms with Gasteiger partial charge in [0.1, 0.15) is 5.75 Å². The average molecular weight is 351 g/mol. The van der Waals surface area contributed by atoms with E-state index in [0.717, 1.165) is 34.5 Å². The number of carbonyl (C=O) groups is 1. The number of ether oxygens (including phenoxy) is 1. The van der Waals surface area contributed by atoms with Gasteiger partial charge in [0.05, 0.1) is 19.2 Å². The summed E-state index contributed by atoms with van der Waals surface area (Å²) in [5.41, 5.74) is 4.04. The number of nitrogens with one attached hydrogen (secondary N) is 2. The first-order valence-corrected chi connectivity index (χ1v) is 8.75. The van der Waals surface area contributed by atoms with Crippen LogP contribution in [0.4, 0.5) is 5.69 Å². The number of nitrogens with zero attached hydrogens (tertiary/aromatic N) is 1. The number of amides is 1. The van der Waals surface area contributed by atoms with Crippen molar-refractivity contribution in [1.82, 2.24) is 5.32 Å². The number of rotatable bonds is 9. The van der Waals surface area contributed by atoms with Crippen molar-refractivity contribution in [3.8, 4) is 11.8 Å². The van der Waals surface area contributed by atoms with Gasteiger partial charge in [0.2, 0.25) is 5.91 Å². The van der Waals surface area contributed by atoms with Gasteiger partial charge in [-0.1, -0.05) is 30.3 Å². The molecular formula is C21H25N3O2. The maximum atomic E-state index is 12.2. The number of aryl methyl sites for hydroxylation is 2. The standard InChI is InChI=1S/C21H25N3O2/c1-16-7-5-8-17(2)21(16)24-20(25)15-23-14-18-9-6-10-19(13-18)26-12-4-3-11-22/h5-10,13,23H,3-4,12,14-15H2,1-2H3,(H,24,25). The molecule has 0 atom stereocenters. The molecule has 0 saturated heterocycles. The molecule has 0 aliphatic rings. The Labute approximate surface area is 155 Å². The summed E-state index contributed by atoms with van der Waals surface area (Å²) in [6, 6.07) is 15.8. The van der Waals surface area contributed by atoms with Gasteiger partial charge in [0.25, 0.3) is 0 Å². The molecule has 1 amide bonds. The van der Waals surface area contributed by atoms with Crippen LogP contribution in [0.1, 0.15) is 29.5 Å². The van der Waals surface area contributed by atoms with E-state index >= 15 is 0 Å². The molecule has 5 heteroatoms. The lowest BCUT2D eigenvalue weighted by Gasteiger charge is -2.12. The number of unbranched alkanes of at least 4 members (excludes halogenated alkanes) is 1. The first kappa shape index (κ1) is 19.5. The van der Waals surface area contributed by atoms with Crippen molar-refractivity contribution >= 4 is 11.6 Å². The van der Waals surface area contributed by atoms with Crippen molar-refractivity contribution in [2.75, 3.05) is 18.5 Å². The van der Waals surface area contributed by atoms with Gasteiger partial charge in [0.15, 0.2) is 0 Å². The molecule has 0 aliphatic heterocycles. The molecule has 0 unspecified atom stereocenters. The van der Waals surface area contributed by atoms with Crippen LogP contribution in [0.25, 0.3) is 0 Å². The lowest BCUT2D eigenvalue weighted by Crippen LogP contribution is -2.28. The van der Waals surface area contributed by atoms with Crippen LogP contribution in [-0.4, -0.2) is 19.1 Å². The van der Waals surface area contributed by atoms with Gasteiger partial charge < -0.3 is 15.4 Å². The zero-order chi connectivity index (χ0) is 18.8. The Kier molecular flexibility index (Phi) is 7.66. The molecule has 2 aromatic rings. The summed E-state index contributed by atoms with van der Waals surface area (Å²) >= 11 is 0. The number of hydrogen-bond donors (Lipinski definition) is 2. The van der Waals surface area contributed by atoms with E-state index in [9.17, 15) is 4.79 Å². The maximum absolute atomic E-state index is 12.2. The highest BCUT2D eigenvalue weighted by Gasteiger charge is 2.07. The average Bonchev–Trinajstić information content (AvgIpc) is 2.62. The minimum Gasteiger partial charge on any atom is -0.494 e. The Morgan fingerprint density at radius 1 is 1.15 bits per heavy atom. The molecule has 136 valence electrons. The Bertz CT molecular complexity index is 761. The summed E-state index contributed by atoms with van der Waals surface area (Å²) in [7, 11) is 0. The van der Waals surface area contributed by atoms with Crippen LogP contribution in [-0.2, 0) is 11.3 Å². The third-order valence-corrected chi connectivity index (χ3v) is 3.96. The van der Waals surface area contributed by atoms with Gasteiger partial charge >= 0.3 is 0 Å². The van der Waals surface area contributed by atoms with Gasteiger partial charge in [0, 0.05) is 18.7 Å².